The second-order valence-electron chi connectivity index (χ2n) is 7.55. The summed E-state index contributed by atoms with van der Waals surface area (Å²) < 4.78 is 23.0. The average Bonchev–Trinajstić information content (AvgIpc) is 3.35. The number of hydrogen-bond acceptors (Lipinski definition) is 5. The largest absolute Gasteiger partial charge is 0.494 e. The van der Waals surface area contributed by atoms with Crippen LogP contribution in [0.25, 0.3) is 0 Å². The lowest BCUT2D eigenvalue weighted by Crippen LogP contribution is -2.37. The van der Waals surface area contributed by atoms with Crippen molar-refractivity contribution >= 4 is 29.9 Å². The molecule has 0 radical (unpaired) electrons. The normalized spacial score (nSPS) is 20.3. The number of nitrogens with one attached hydrogen (secondary N) is 2. The van der Waals surface area contributed by atoms with Gasteiger partial charge in [0.1, 0.15) is 17.6 Å². The second-order valence-corrected chi connectivity index (χ2v) is 7.55. The van der Waals surface area contributed by atoms with Gasteiger partial charge in [0.2, 0.25) is 0 Å². The first kappa shape index (κ1) is 25.0. The van der Waals surface area contributed by atoms with Gasteiger partial charge in [0.25, 0.3) is 0 Å². The molecular weight excluding hydrogens is 497 g/mol. The summed E-state index contributed by atoms with van der Waals surface area (Å²) in [5, 5.41) is 6.70. The van der Waals surface area contributed by atoms with E-state index >= 15 is 0 Å². The third kappa shape index (κ3) is 7.46. The van der Waals surface area contributed by atoms with Crippen molar-refractivity contribution in [3.05, 3.63) is 23.3 Å². The van der Waals surface area contributed by atoms with Crippen molar-refractivity contribution in [1.29, 1.82) is 0 Å². The molecule has 2 N–H and O–H groups in total. The number of rotatable bonds is 10. The first-order valence-electron chi connectivity index (χ1n) is 10.8. The number of ether oxygens (including phenoxy) is 4. The Morgan fingerprint density at radius 3 is 2.90 bits per heavy atom. The Morgan fingerprint density at radius 2 is 2.17 bits per heavy atom. The maximum atomic E-state index is 5.90. The molecule has 7 nitrogen and oxygen atoms in total. The lowest BCUT2D eigenvalue weighted by Gasteiger charge is -2.16. The van der Waals surface area contributed by atoms with E-state index in [2.05, 4.69) is 34.7 Å². The molecule has 1 saturated heterocycles. The van der Waals surface area contributed by atoms with Gasteiger partial charge in [-0.3, -0.25) is 4.99 Å². The van der Waals surface area contributed by atoms with E-state index in [9.17, 15) is 0 Å². The van der Waals surface area contributed by atoms with Gasteiger partial charge in [-0.15, -0.1) is 24.0 Å². The van der Waals surface area contributed by atoms with E-state index in [1.807, 2.05) is 6.92 Å². The lowest BCUT2D eigenvalue weighted by atomic mass is 10.1. The Kier molecular flexibility index (Phi) is 11.0. The van der Waals surface area contributed by atoms with Crippen LogP contribution in [0.1, 0.15) is 44.2 Å². The fourth-order valence-corrected chi connectivity index (χ4v) is 3.68. The summed E-state index contributed by atoms with van der Waals surface area (Å²) in [6.45, 7) is 8.45. The fourth-order valence-electron chi connectivity index (χ4n) is 3.68. The Labute approximate surface area is 197 Å². The van der Waals surface area contributed by atoms with Gasteiger partial charge in [-0.25, -0.2) is 0 Å². The molecule has 8 heteroatoms. The van der Waals surface area contributed by atoms with E-state index in [4.69, 9.17) is 18.9 Å². The van der Waals surface area contributed by atoms with Gasteiger partial charge in [-0.2, -0.15) is 0 Å². The Bertz CT molecular complexity index is 681. The van der Waals surface area contributed by atoms with Gasteiger partial charge in [0.15, 0.2) is 5.96 Å². The SMILES string of the molecule is CCOc1cc2c(cc1CNC(=NC)NCCCOCC1CCCO1)OC(C)C2.I. The van der Waals surface area contributed by atoms with Gasteiger partial charge >= 0.3 is 0 Å². The van der Waals surface area contributed by atoms with Crippen molar-refractivity contribution < 1.29 is 18.9 Å². The van der Waals surface area contributed by atoms with Gasteiger partial charge in [0.05, 0.1) is 19.3 Å². The van der Waals surface area contributed by atoms with E-state index in [0.717, 1.165) is 68.5 Å². The fraction of sp³-hybridized carbons (Fsp3) is 0.682. The number of hydrogen-bond donors (Lipinski definition) is 2. The van der Waals surface area contributed by atoms with E-state index in [-0.39, 0.29) is 36.2 Å². The highest BCUT2D eigenvalue weighted by Crippen LogP contribution is 2.35. The number of aliphatic imine (C=N–C) groups is 1. The summed E-state index contributed by atoms with van der Waals surface area (Å²) in [6.07, 6.45) is 4.63. The summed E-state index contributed by atoms with van der Waals surface area (Å²) in [4.78, 5) is 4.31. The second kappa shape index (κ2) is 13.2. The minimum atomic E-state index is 0. The highest BCUT2D eigenvalue weighted by atomic mass is 127. The zero-order valence-corrected chi connectivity index (χ0v) is 20.7. The topological polar surface area (TPSA) is 73.3 Å². The highest BCUT2D eigenvalue weighted by molar-refractivity contribution is 14.0. The van der Waals surface area contributed by atoms with Gasteiger partial charge in [0, 0.05) is 50.9 Å². The molecule has 1 fully saturated rings. The maximum Gasteiger partial charge on any atom is 0.191 e. The van der Waals surface area contributed by atoms with E-state index in [0.29, 0.717) is 19.8 Å². The quantitative estimate of drug-likeness (QED) is 0.208. The van der Waals surface area contributed by atoms with Crippen LogP contribution >= 0.6 is 24.0 Å². The summed E-state index contributed by atoms with van der Waals surface area (Å²) in [6, 6.07) is 4.20. The molecule has 0 spiro atoms. The molecule has 30 heavy (non-hydrogen) atoms. The van der Waals surface area contributed by atoms with Crippen LogP contribution in [0.2, 0.25) is 0 Å². The monoisotopic (exact) mass is 533 g/mol. The molecule has 2 heterocycles. The van der Waals surface area contributed by atoms with Crippen LogP contribution in [-0.2, 0) is 22.4 Å². The molecule has 0 saturated carbocycles. The van der Waals surface area contributed by atoms with Crippen molar-refractivity contribution in [2.75, 3.05) is 40.0 Å². The number of halogens is 1. The van der Waals surface area contributed by atoms with Crippen LogP contribution in [0.5, 0.6) is 11.5 Å². The Morgan fingerprint density at radius 1 is 1.30 bits per heavy atom. The third-order valence-electron chi connectivity index (χ3n) is 5.13. The number of guanidine groups is 1. The molecule has 2 aliphatic heterocycles. The van der Waals surface area contributed by atoms with Crippen molar-refractivity contribution in [3.63, 3.8) is 0 Å². The smallest absolute Gasteiger partial charge is 0.191 e. The first-order valence-corrected chi connectivity index (χ1v) is 10.8. The third-order valence-corrected chi connectivity index (χ3v) is 5.13. The van der Waals surface area contributed by atoms with Gasteiger partial charge in [-0.05, 0) is 45.2 Å². The van der Waals surface area contributed by atoms with E-state index < -0.39 is 0 Å². The molecule has 2 unspecified atom stereocenters. The van der Waals surface area contributed by atoms with Crippen LogP contribution in [-0.4, -0.2) is 58.2 Å². The number of benzene rings is 1. The minimum absolute atomic E-state index is 0. The van der Waals surface area contributed by atoms with Crippen molar-refractivity contribution in [1.82, 2.24) is 10.6 Å². The molecule has 1 aromatic rings. The summed E-state index contributed by atoms with van der Waals surface area (Å²) in [5.74, 6) is 2.64. The number of fused-ring (bicyclic) bond motifs is 1. The molecule has 1 aromatic carbocycles. The van der Waals surface area contributed by atoms with Crippen molar-refractivity contribution in [2.24, 2.45) is 4.99 Å². The van der Waals surface area contributed by atoms with Crippen LogP contribution < -0.4 is 20.1 Å². The van der Waals surface area contributed by atoms with Crippen molar-refractivity contribution in [2.45, 2.75) is 58.3 Å². The minimum Gasteiger partial charge on any atom is -0.494 e. The molecule has 0 amide bonds. The van der Waals surface area contributed by atoms with Gasteiger partial charge < -0.3 is 29.6 Å². The standard InChI is InChI=1S/C22H35N3O4.HI/c1-4-27-20-12-17-11-16(2)29-21(17)13-18(20)14-25-22(23-3)24-8-6-9-26-15-19-7-5-10-28-19;/h12-13,16,19H,4-11,14-15H2,1-3H3,(H2,23,24,25);1H. The van der Waals surface area contributed by atoms with E-state index in [1.165, 1.54) is 5.56 Å². The molecular formula is C22H36IN3O4. The molecule has 3 rings (SSSR count). The predicted octanol–water partition coefficient (Wildman–Crippen LogP) is 3.28. The van der Waals surface area contributed by atoms with E-state index in [1.54, 1.807) is 7.05 Å². The first-order chi connectivity index (χ1) is 14.2. The summed E-state index contributed by atoms with van der Waals surface area (Å²) in [5.41, 5.74) is 2.29. The van der Waals surface area contributed by atoms with Gasteiger partial charge in [-0.1, -0.05) is 0 Å². The zero-order chi connectivity index (χ0) is 20.5. The number of nitrogens with zero attached hydrogens (tertiary/aromatic N) is 1. The molecule has 0 aromatic heterocycles. The molecule has 0 bridgehead atoms. The molecule has 0 aliphatic carbocycles. The van der Waals surface area contributed by atoms with Crippen molar-refractivity contribution in [3.8, 4) is 11.5 Å². The lowest BCUT2D eigenvalue weighted by molar-refractivity contribution is 0.0168. The Hall–Kier alpha value is -1.26. The Balaban J connectivity index is 0.00000320. The van der Waals surface area contributed by atoms with Crippen LogP contribution in [0.3, 0.4) is 0 Å². The highest BCUT2D eigenvalue weighted by Gasteiger charge is 2.22. The zero-order valence-electron chi connectivity index (χ0n) is 18.4. The van der Waals surface area contributed by atoms with Crippen LogP contribution in [0.4, 0.5) is 0 Å². The summed E-state index contributed by atoms with van der Waals surface area (Å²) >= 11 is 0. The van der Waals surface area contributed by atoms with Crippen LogP contribution in [0, 0.1) is 0 Å². The molecule has 2 aliphatic rings. The summed E-state index contributed by atoms with van der Waals surface area (Å²) in [7, 11) is 1.78. The molecule has 2 atom stereocenters. The average molecular weight is 533 g/mol. The molecule has 170 valence electrons. The predicted molar refractivity (Wildman–Crippen MR) is 129 cm³/mol. The van der Waals surface area contributed by atoms with Crippen LogP contribution in [0.15, 0.2) is 17.1 Å². The maximum absolute atomic E-state index is 5.90.